The molecule has 37 heavy (non-hydrogen) atoms. The van der Waals surface area contributed by atoms with Crippen LogP contribution in [0.15, 0.2) is 0 Å². The second kappa shape index (κ2) is 21.9. The molecule has 0 heterocycles. The van der Waals surface area contributed by atoms with Crippen LogP contribution in [-0.2, 0) is 14.3 Å². The molecule has 2 unspecified atom stereocenters. The molecular weight excluding hydrogens is 498 g/mol. The first-order chi connectivity index (χ1) is 17.4. The van der Waals surface area contributed by atoms with E-state index >= 15 is 0 Å². The third-order valence-electron chi connectivity index (χ3n) is 6.73. The van der Waals surface area contributed by atoms with Gasteiger partial charge in [0.05, 0.1) is 18.3 Å². The van der Waals surface area contributed by atoms with Gasteiger partial charge in [0.2, 0.25) is 5.91 Å². The normalized spacial score (nSPS) is 14.2. The van der Waals surface area contributed by atoms with Crippen molar-refractivity contribution in [3.63, 3.8) is 0 Å². The summed E-state index contributed by atoms with van der Waals surface area (Å²) in [7, 11) is 3.80. The third-order valence-corrected chi connectivity index (χ3v) is 10.0. The Bertz CT molecular complexity index is 555. The lowest BCUT2D eigenvalue weighted by molar-refractivity contribution is -0.120. The number of nitrogens with one attached hydrogen (secondary N) is 1. The molecule has 0 bridgehead atoms. The van der Waals surface area contributed by atoms with E-state index < -0.39 is 0 Å². The summed E-state index contributed by atoms with van der Waals surface area (Å²) in [6.45, 7) is 21.3. The standard InChI is InChI=1S/C31H63NO3S2/c1-10-11-12-13-14-15-16-17-18-21-30(6,7)25-31(8,9)37-36-24-20-29(33)32-22-19-23-34-27(4)28(5)35-26(2)3/h26-28H,10-25H2,1-9H3,(H,32,33). The molecule has 0 aromatic rings. The van der Waals surface area contributed by atoms with E-state index in [0.29, 0.717) is 25.0 Å². The molecule has 0 radical (unpaired) electrons. The minimum Gasteiger partial charge on any atom is -0.376 e. The second-order valence-electron chi connectivity index (χ2n) is 12.5. The van der Waals surface area contributed by atoms with Crippen LogP contribution in [0.2, 0.25) is 0 Å². The second-order valence-corrected chi connectivity index (χ2v) is 15.6. The Balaban J connectivity index is 3.86. The van der Waals surface area contributed by atoms with Crippen LogP contribution in [0.1, 0.15) is 146 Å². The van der Waals surface area contributed by atoms with E-state index in [1.54, 1.807) is 0 Å². The number of carbonyl (C=O) groups excluding carboxylic acids is 1. The first kappa shape index (κ1) is 37.1. The van der Waals surface area contributed by atoms with Gasteiger partial charge in [0.1, 0.15) is 0 Å². The van der Waals surface area contributed by atoms with Crippen molar-refractivity contribution in [2.45, 2.75) is 169 Å². The molecule has 0 rings (SSSR count). The molecule has 222 valence electrons. The van der Waals surface area contributed by atoms with Crippen molar-refractivity contribution in [3.8, 4) is 0 Å². The smallest absolute Gasteiger partial charge is 0.220 e. The molecule has 0 aliphatic carbocycles. The zero-order valence-corrected chi connectivity index (χ0v) is 27.7. The quantitative estimate of drug-likeness (QED) is 0.0888. The van der Waals surface area contributed by atoms with E-state index in [0.717, 1.165) is 12.2 Å². The van der Waals surface area contributed by atoms with Crippen molar-refractivity contribution in [2.75, 3.05) is 18.9 Å². The number of carbonyl (C=O) groups is 1. The molecule has 2 atom stereocenters. The number of hydrogen-bond acceptors (Lipinski definition) is 5. The fourth-order valence-corrected chi connectivity index (χ4v) is 7.61. The molecular formula is C31H63NO3S2. The van der Waals surface area contributed by atoms with Crippen LogP contribution in [0.25, 0.3) is 0 Å². The van der Waals surface area contributed by atoms with Crippen LogP contribution in [-0.4, -0.2) is 47.9 Å². The van der Waals surface area contributed by atoms with Crippen LogP contribution in [0.3, 0.4) is 0 Å². The molecule has 0 saturated heterocycles. The Kier molecular flexibility index (Phi) is 21.9. The summed E-state index contributed by atoms with van der Waals surface area (Å²) in [5, 5.41) is 3.03. The fourth-order valence-electron chi connectivity index (χ4n) is 4.85. The lowest BCUT2D eigenvalue weighted by Crippen LogP contribution is -2.30. The number of amides is 1. The predicted molar refractivity (Wildman–Crippen MR) is 168 cm³/mol. The van der Waals surface area contributed by atoms with E-state index in [1.165, 1.54) is 70.6 Å². The van der Waals surface area contributed by atoms with Crippen molar-refractivity contribution in [2.24, 2.45) is 5.41 Å². The summed E-state index contributed by atoms with van der Waals surface area (Å²) < 4.78 is 11.8. The molecule has 6 heteroatoms. The molecule has 0 spiro atoms. The van der Waals surface area contributed by atoms with Gasteiger partial charge in [-0.1, -0.05) is 100 Å². The molecule has 0 aromatic carbocycles. The van der Waals surface area contributed by atoms with Gasteiger partial charge in [0, 0.05) is 30.1 Å². The van der Waals surface area contributed by atoms with Crippen molar-refractivity contribution in [3.05, 3.63) is 0 Å². The molecule has 0 aliphatic rings. The summed E-state index contributed by atoms with van der Waals surface area (Å²) in [6, 6.07) is 0. The van der Waals surface area contributed by atoms with Crippen LogP contribution in [0.5, 0.6) is 0 Å². The predicted octanol–water partition coefficient (Wildman–Crippen LogP) is 9.60. The van der Waals surface area contributed by atoms with Crippen LogP contribution >= 0.6 is 21.6 Å². The van der Waals surface area contributed by atoms with E-state index in [1.807, 2.05) is 49.3 Å². The summed E-state index contributed by atoms with van der Waals surface area (Å²) in [4.78, 5) is 12.2. The van der Waals surface area contributed by atoms with Crippen LogP contribution < -0.4 is 5.32 Å². The molecule has 0 aliphatic heterocycles. The number of unbranched alkanes of at least 4 members (excludes halogenated alkanes) is 8. The van der Waals surface area contributed by atoms with E-state index in [4.69, 9.17) is 9.47 Å². The zero-order chi connectivity index (χ0) is 28.2. The molecule has 0 fully saturated rings. The number of rotatable bonds is 25. The average Bonchev–Trinajstić information content (AvgIpc) is 2.79. The molecule has 4 nitrogen and oxygen atoms in total. The largest absolute Gasteiger partial charge is 0.376 e. The minimum atomic E-state index is 0.0602. The Morgan fingerprint density at radius 2 is 1.43 bits per heavy atom. The topological polar surface area (TPSA) is 47.6 Å². The van der Waals surface area contributed by atoms with Gasteiger partial charge >= 0.3 is 0 Å². The Hall–Kier alpha value is 0.0900. The van der Waals surface area contributed by atoms with Crippen molar-refractivity contribution in [1.29, 1.82) is 0 Å². The molecule has 0 saturated carbocycles. The van der Waals surface area contributed by atoms with Gasteiger partial charge in [-0.25, -0.2) is 0 Å². The van der Waals surface area contributed by atoms with E-state index in [2.05, 4.69) is 39.9 Å². The maximum Gasteiger partial charge on any atom is 0.220 e. The fraction of sp³-hybridized carbons (Fsp3) is 0.968. The zero-order valence-electron chi connectivity index (χ0n) is 26.1. The highest BCUT2D eigenvalue weighted by Crippen LogP contribution is 2.44. The first-order valence-corrected chi connectivity index (χ1v) is 17.5. The number of hydrogen-bond donors (Lipinski definition) is 1. The highest BCUT2D eigenvalue weighted by atomic mass is 33.1. The summed E-state index contributed by atoms with van der Waals surface area (Å²) in [6.07, 6.45) is 16.8. The summed E-state index contributed by atoms with van der Waals surface area (Å²) >= 11 is 0. The van der Waals surface area contributed by atoms with Gasteiger partial charge in [-0.2, -0.15) is 0 Å². The summed E-state index contributed by atoms with van der Waals surface area (Å²) in [5.74, 6) is 0.997. The number of ether oxygens (including phenoxy) is 2. The van der Waals surface area contributed by atoms with Crippen molar-refractivity contribution < 1.29 is 14.3 Å². The Labute approximate surface area is 239 Å². The minimum absolute atomic E-state index is 0.0602. The lowest BCUT2D eigenvalue weighted by atomic mass is 9.79. The highest BCUT2D eigenvalue weighted by Gasteiger charge is 2.29. The third kappa shape index (κ3) is 23.7. The van der Waals surface area contributed by atoms with Gasteiger partial charge in [0.25, 0.3) is 0 Å². The maximum atomic E-state index is 12.2. The van der Waals surface area contributed by atoms with E-state index in [9.17, 15) is 4.79 Å². The molecule has 0 aromatic heterocycles. The van der Waals surface area contributed by atoms with Crippen LogP contribution in [0.4, 0.5) is 0 Å². The maximum absolute atomic E-state index is 12.2. The van der Waals surface area contributed by atoms with Crippen LogP contribution in [0, 0.1) is 5.41 Å². The monoisotopic (exact) mass is 561 g/mol. The Morgan fingerprint density at radius 3 is 2.03 bits per heavy atom. The first-order valence-electron chi connectivity index (χ1n) is 15.2. The van der Waals surface area contributed by atoms with Gasteiger partial charge in [-0.05, 0) is 66.2 Å². The van der Waals surface area contributed by atoms with E-state index in [-0.39, 0.29) is 29.0 Å². The van der Waals surface area contributed by atoms with Crippen molar-refractivity contribution in [1.82, 2.24) is 5.32 Å². The summed E-state index contributed by atoms with van der Waals surface area (Å²) in [5.41, 5.74) is 0.369. The highest BCUT2D eigenvalue weighted by molar-refractivity contribution is 8.77. The lowest BCUT2D eigenvalue weighted by Gasteiger charge is -2.34. The van der Waals surface area contributed by atoms with Gasteiger partial charge in [0.15, 0.2) is 0 Å². The average molecular weight is 562 g/mol. The van der Waals surface area contributed by atoms with Gasteiger partial charge in [-0.15, -0.1) is 0 Å². The SMILES string of the molecule is CCCCCCCCCCCC(C)(C)CC(C)(C)SSCCC(=O)NCCCOC(C)C(C)OC(C)C. The van der Waals surface area contributed by atoms with Gasteiger partial charge < -0.3 is 14.8 Å². The molecule has 1 amide bonds. The Morgan fingerprint density at radius 1 is 0.838 bits per heavy atom. The van der Waals surface area contributed by atoms with Gasteiger partial charge in [-0.3, -0.25) is 4.79 Å². The van der Waals surface area contributed by atoms with Crippen molar-refractivity contribution >= 4 is 27.5 Å². The molecule has 1 N–H and O–H groups in total.